The molecule has 1 aromatic rings. The van der Waals surface area contributed by atoms with Gasteiger partial charge in [0, 0.05) is 16.1 Å². The van der Waals surface area contributed by atoms with Crippen LogP contribution in [-0.2, 0) is 0 Å². The van der Waals surface area contributed by atoms with Gasteiger partial charge in [-0.15, -0.1) is 0 Å². The van der Waals surface area contributed by atoms with Gasteiger partial charge in [0.2, 0.25) is 0 Å². The summed E-state index contributed by atoms with van der Waals surface area (Å²) in [7, 11) is 0. The molecule has 13 heavy (non-hydrogen) atoms. The minimum atomic E-state index is -0.227. The quantitative estimate of drug-likeness (QED) is 0.869. The summed E-state index contributed by atoms with van der Waals surface area (Å²) in [6.07, 6.45) is 1.79. The highest BCUT2D eigenvalue weighted by atomic mass is 79.9. The average Bonchev–Trinajstić information content (AvgIpc) is 2.04. The van der Waals surface area contributed by atoms with Gasteiger partial charge in [0.15, 0.2) is 0 Å². The third-order valence-corrected chi connectivity index (χ3v) is 2.45. The van der Waals surface area contributed by atoms with Crippen molar-refractivity contribution in [2.45, 2.75) is 25.8 Å². The van der Waals surface area contributed by atoms with Crippen molar-refractivity contribution in [1.82, 2.24) is 0 Å². The Morgan fingerprint density at radius 1 is 1.54 bits per heavy atom. The first-order chi connectivity index (χ1) is 6.15. The molecule has 1 aromatic carbocycles. The largest absolute Gasteiger partial charge is 0.324 e. The summed E-state index contributed by atoms with van der Waals surface area (Å²) >= 11 is 3.20. The molecule has 0 aliphatic rings. The highest BCUT2D eigenvalue weighted by molar-refractivity contribution is 9.10. The van der Waals surface area contributed by atoms with Crippen LogP contribution in [0.5, 0.6) is 0 Å². The Morgan fingerprint density at radius 3 is 2.77 bits per heavy atom. The van der Waals surface area contributed by atoms with Crippen molar-refractivity contribution in [3.8, 4) is 0 Å². The predicted molar refractivity (Wildman–Crippen MR) is 55.9 cm³/mol. The molecule has 0 bridgehead atoms. The van der Waals surface area contributed by atoms with Crippen LogP contribution in [0.4, 0.5) is 4.39 Å². The maximum atomic E-state index is 13.3. The van der Waals surface area contributed by atoms with Crippen LogP contribution in [0.3, 0.4) is 0 Å². The molecule has 0 aromatic heterocycles. The van der Waals surface area contributed by atoms with E-state index in [1.165, 1.54) is 6.07 Å². The number of rotatable bonds is 3. The summed E-state index contributed by atoms with van der Waals surface area (Å²) in [5.41, 5.74) is 6.40. The molecule has 0 amide bonds. The number of hydrogen-bond acceptors (Lipinski definition) is 1. The predicted octanol–water partition coefficient (Wildman–Crippen LogP) is 3.39. The van der Waals surface area contributed by atoms with Crippen molar-refractivity contribution in [2.75, 3.05) is 0 Å². The van der Waals surface area contributed by atoms with Crippen LogP contribution in [0, 0.1) is 5.82 Å². The average molecular weight is 246 g/mol. The summed E-state index contributed by atoms with van der Waals surface area (Å²) in [6.45, 7) is 2.04. The minimum absolute atomic E-state index is 0.182. The van der Waals surface area contributed by atoms with E-state index in [0.717, 1.165) is 17.3 Å². The molecule has 2 N–H and O–H groups in total. The molecule has 1 rings (SSSR count). The lowest BCUT2D eigenvalue weighted by Gasteiger charge is -2.11. The summed E-state index contributed by atoms with van der Waals surface area (Å²) in [5, 5.41) is 0. The van der Waals surface area contributed by atoms with Gasteiger partial charge >= 0.3 is 0 Å². The van der Waals surface area contributed by atoms with E-state index in [1.54, 1.807) is 6.07 Å². The summed E-state index contributed by atoms with van der Waals surface area (Å²) in [5.74, 6) is -0.227. The number of hydrogen-bond donors (Lipinski definition) is 1. The lowest BCUT2D eigenvalue weighted by Crippen LogP contribution is -2.11. The van der Waals surface area contributed by atoms with E-state index in [4.69, 9.17) is 5.73 Å². The fraction of sp³-hybridized carbons (Fsp3) is 0.400. The van der Waals surface area contributed by atoms with Crippen LogP contribution in [0.2, 0.25) is 0 Å². The number of benzene rings is 1. The van der Waals surface area contributed by atoms with Crippen LogP contribution in [0.15, 0.2) is 22.7 Å². The second-order valence-corrected chi connectivity index (χ2v) is 3.98. The van der Waals surface area contributed by atoms with E-state index in [2.05, 4.69) is 15.9 Å². The molecule has 3 heteroatoms. The van der Waals surface area contributed by atoms with Gasteiger partial charge in [0.1, 0.15) is 5.82 Å². The first-order valence-corrected chi connectivity index (χ1v) is 5.15. The molecule has 0 unspecified atom stereocenters. The molecule has 72 valence electrons. The molecule has 0 fully saturated rings. The SMILES string of the molecule is CCC[C@@H](N)c1ccc(Br)cc1F. The van der Waals surface area contributed by atoms with Crippen LogP contribution in [-0.4, -0.2) is 0 Å². The molecule has 0 aliphatic carbocycles. The molecule has 1 atom stereocenters. The van der Waals surface area contributed by atoms with Gasteiger partial charge in [-0.2, -0.15) is 0 Å². The normalized spacial score (nSPS) is 12.9. The second-order valence-electron chi connectivity index (χ2n) is 3.06. The van der Waals surface area contributed by atoms with Gasteiger partial charge in [-0.1, -0.05) is 35.3 Å². The molecule has 0 heterocycles. The van der Waals surface area contributed by atoms with Crippen molar-refractivity contribution in [3.05, 3.63) is 34.1 Å². The second kappa shape index (κ2) is 4.72. The first kappa shape index (κ1) is 10.7. The highest BCUT2D eigenvalue weighted by Crippen LogP contribution is 2.22. The monoisotopic (exact) mass is 245 g/mol. The maximum Gasteiger partial charge on any atom is 0.129 e. The Hall–Kier alpha value is -0.410. The third kappa shape index (κ3) is 2.78. The number of halogens is 2. The maximum absolute atomic E-state index is 13.3. The van der Waals surface area contributed by atoms with Crippen molar-refractivity contribution in [2.24, 2.45) is 5.73 Å². The van der Waals surface area contributed by atoms with Gasteiger partial charge in [-0.05, 0) is 18.6 Å². The standard InChI is InChI=1S/C10H13BrFN/c1-2-3-10(13)8-5-4-7(11)6-9(8)12/h4-6,10H,2-3,13H2,1H3/t10-/m1/s1. The van der Waals surface area contributed by atoms with Crippen LogP contribution in [0.25, 0.3) is 0 Å². The van der Waals surface area contributed by atoms with Crippen molar-refractivity contribution in [3.63, 3.8) is 0 Å². The van der Waals surface area contributed by atoms with Gasteiger partial charge < -0.3 is 5.73 Å². The van der Waals surface area contributed by atoms with Crippen LogP contribution in [0.1, 0.15) is 31.4 Å². The Balaban J connectivity index is 2.88. The molecule has 0 spiro atoms. The van der Waals surface area contributed by atoms with Crippen LogP contribution < -0.4 is 5.73 Å². The first-order valence-electron chi connectivity index (χ1n) is 4.35. The van der Waals surface area contributed by atoms with Crippen molar-refractivity contribution >= 4 is 15.9 Å². The highest BCUT2D eigenvalue weighted by Gasteiger charge is 2.09. The van der Waals surface area contributed by atoms with E-state index < -0.39 is 0 Å². The van der Waals surface area contributed by atoms with Crippen molar-refractivity contribution < 1.29 is 4.39 Å². The smallest absolute Gasteiger partial charge is 0.129 e. The molecule has 1 nitrogen and oxygen atoms in total. The fourth-order valence-electron chi connectivity index (χ4n) is 1.27. The number of nitrogens with two attached hydrogens (primary N) is 1. The van der Waals surface area contributed by atoms with E-state index >= 15 is 0 Å². The van der Waals surface area contributed by atoms with E-state index in [0.29, 0.717) is 5.56 Å². The van der Waals surface area contributed by atoms with Gasteiger partial charge in [-0.25, -0.2) is 4.39 Å². The fourth-order valence-corrected chi connectivity index (χ4v) is 1.60. The van der Waals surface area contributed by atoms with E-state index in [1.807, 2.05) is 13.0 Å². The van der Waals surface area contributed by atoms with Gasteiger partial charge in [0.25, 0.3) is 0 Å². The Kier molecular flexibility index (Phi) is 3.88. The Bertz CT molecular complexity index is 288. The Labute approximate surface area is 86.3 Å². The molecular formula is C10H13BrFN. The molecule has 0 saturated heterocycles. The van der Waals surface area contributed by atoms with Crippen molar-refractivity contribution in [1.29, 1.82) is 0 Å². The lowest BCUT2D eigenvalue weighted by molar-refractivity contribution is 0.559. The zero-order valence-corrected chi connectivity index (χ0v) is 9.14. The molecule has 0 saturated carbocycles. The zero-order chi connectivity index (χ0) is 9.84. The third-order valence-electron chi connectivity index (χ3n) is 1.96. The van der Waals surface area contributed by atoms with Gasteiger partial charge in [-0.3, -0.25) is 0 Å². The van der Waals surface area contributed by atoms with Crippen LogP contribution >= 0.6 is 15.9 Å². The molecule has 0 aliphatic heterocycles. The summed E-state index contributed by atoms with van der Waals surface area (Å²) in [4.78, 5) is 0. The molecule has 0 radical (unpaired) electrons. The van der Waals surface area contributed by atoms with E-state index in [9.17, 15) is 4.39 Å². The Morgan fingerprint density at radius 2 is 2.23 bits per heavy atom. The lowest BCUT2D eigenvalue weighted by atomic mass is 10.0. The van der Waals surface area contributed by atoms with Gasteiger partial charge in [0.05, 0.1) is 0 Å². The summed E-state index contributed by atoms with van der Waals surface area (Å²) in [6, 6.07) is 4.82. The van der Waals surface area contributed by atoms with E-state index in [-0.39, 0.29) is 11.9 Å². The zero-order valence-electron chi connectivity index (χ0n) is 7.56. The minimum Gasteiger partial charge on any atom is -0.324 e. The molecular weight excluding hydrogens is 233 g/mol. The summed E-state index contributed by atoms with van der Waals surface area (Å²) < 4.78 is 14.1. The topological polar surface area (TPSA) is 26.0 Å².